The van der Waals surface area contributed by atoms with Crippen LogP contribution in [0.3, 0.4) is 0 Å². The topological polar surface area (TPSA) is 40.5 Å². The molecule has 1 N–H and O–H groups in total. The lowest BCUT2D eigenvalue weighted by atomic mass is 9.94. The molecule has 0 spiro atoms. The molecule has 2 atom stereocenters. The Hall–Kier alpha value is -0.870. The number of nitrogens with zero attached hydrogens (tertiary/aromatic N) is 1. The summed E-state index contributed by atoms with van der Waals surface area (Å²) in [6, 6.07) is 0.547. The SMILES string of the molecule is O=C(c1csc2c1CCCC2)N1C2CCC1CC(O)C2. The van der Waals surface area contributed by atoms with Crippen molar-refractivity contribution in [2.75, 3.05) is 0 Å². The second kappa shape index (κ2) is 4.85. The van der Waals surface area contributed by atoms with Crippen molar-refractivity contribution < 1.29 is 9.90 Å². The standard InChI is InChI=1S/C16H21NO2S/c18-12-7-10-5-6-11(8-12)17(10)16(19)14-9-20-15-4-2-1-3-13(14)15/h9-12,18H,1-8H2. The van der Waals surface area contributed by atoms with Crippen LogP contribution in [0, 0.1) is 0 Å². The molecule has 1 aromatic rings. The van der Waals surface area contributed by atoms with Gasteiger partial charge in [0.2, 0.25) is 0 Å². The van der Waals surface area contributed by atoms with Crippen molar-refractivity contribution in [3.05, 3.63) is 21.4 Å². The average Bonchev–Trinajstić information content (AvgIpc) is 2.98. The minimum atomic E-state index is -0.201. The highest BCUT2D eigenvalue weighted by Crippen LogP contribution is 2.39. The molecule has 0 saturated carbocycles. The summed E-state index contributed by atoms with van der Waals surface area (Å²) in [5.41, 5.74) is 2.30. The third-order valence-electron chi connectivity index (χ3n) is 5.23. The largest absolute Gasteiger partial charge is 0.393 e. The number of aliphatic hydroxyl groups is 1. The number of aryl methyl sites for hydroxylation is 1. The van der Waals surface area contributed by atoms with Crippen LogP contribution in [0.25, 0.3) is 0 Å². The zero-order chi connectivity index (χ0) is 13.7. The van der Waals surface area contributed by atoms with Gasteiger partial charge in [-0.1, -0.05) is 0 Å². The van der Waals surface area contributed by atoms with Gasteiger partial charge in [0.25, 0.3) is 5.91 Å². The first-order chi connectivity index (χ1) is 9.74. The van der Waals surface area contributed by atoms with Gasteiger partial charge in [-0.15, -0.1) is 11.3 Å². The van der Waals surface area contributed by atoms with E-state index < -0.39 is 0 Å². The van der Waals surface area contributed by atoms with Crippen LogP contribution in [0.1, 0.15) is 59.3 Å². The monoisotopic (exact) mass is 291 g/mol. The molecule has 2 saturated heterocycles. The average molecular weight is 291 g/mol. The number of carbonyl (C=O) groups excluding carboxylic acids is 1. The molecule has 20 heavy (non-hydrogen) atoms. The van der Waals surface area contributed by atoms with Crippen molar-refractivity contribution in [2.45, 2.75) is 69.6 Å². The summed E-state index contributed by atoms with van der Waals surface area (Å²) in [5, 5.41) is 12.0. The molecule has 1 aromatic heterocycles. The number of hydrogen-bond donors (Lipinski definition) is 1. The molecule has 3 nitrogen and oxygen atoms in total. The van der Waals surface area contributed by atoms with Crippen molar-refractivity contribution in [3.8, 4) is 0 Å². The van der Waals surface area contributed by atoms with Crippen LogP contribution in [0.5, 0.6) is 0 Å². The van der Waals surface area contributed by atoms with Gasteiger partial charge in [-0.05, 0) is 56.9 Å². The summed E-state index contributed by atoms with van der Waals surface area (Å²) < 4.78 is 0. The van der Waals surface area contributed by atoms with E-state index >= 15 is 0 Å². The normalized spacial score (nSPS) is 32.2. The smallest absolute Gasteiger partial charge is 0.255 e. The molecule has 4 heteroatoms. The molecular formula is C16H21NO2S. The van der Waals surface area contributed by atoms with Crippen LogP contribution >= 0.6 is 11.3 Å². The lowest BCUT2D eigenvalue weighted by Crippen LogP contribution is -2.48. The Morgan fingerprint density at radius 1 is 1.20 bits per heavy atom. The molecule has 1 aliphatic carbocycles. The maximum atomic E-state index is 13.0. The van der Waals surface area contributed by atoms with Crippen molar-refractivity contribution in [2.24, 2.45) is 0 Å². The summed E-state index contributed by atoms with van der Waals surface area (Å²) in [6.07, 6.45) is 8.19. The second-order valence-electron chi connectivity index (χ2n) is 6.48. The van der Waals surface area contributed by atoms with Crippen molar-refractivity contribution in [3.63, 3.8) is 0 Å². The van der Waals surface area contributed by atoms with E-state index in [1.807, 2.05) is 0 Å². The molecule has 0 aromatic carbocycles. The first-order valence-electron chi connectivity index (χ1n) is 7.84. The van der Waals surface area contributed by atoms with Crippen LogP contribution in [0.4, 0.5) is 0 Å². The molecule has 3 aliphatic rings. The summed E-state index contributed by atoms with van der Waals surface area (Å²) in [7, 11) is 0. The number of thiophene rings is 1. The number of carbonyl (C=O) groups is 1. The van der Waals surface area contributed by atoms with Gasteiger partial charge in [-0.2, -0.15) is 0 Å². The van der Waals surface area contributed by atoms with E-state index in [9.17, 15) is 9.90 Å². The van der Waals surface area contributed by atoms with Gasteiger partial charge in [0, 0.05) is 22.3 Å². The Bertz CT molecular complexity index is 525. The zero-order valence-corrected chi connectivity index (χ0v) is 12.5. The van der Waals surface area contributed by atoms with Crippen molar-refractivity contribution in [1.29, 1.82) is 0 Å². The zero-order valence-electron chi connectivity index (χ0n) is 11.7. The molecule has 2 fully saturated rings. The first-order valence-corrected chi connectivity index (χ1v) is 8.72. The summed E-state index contributed by atoms with van der Waals surface area (Å²) in [6.45, 7) is 0. The van der Waals surface area contributed by atoms with E-state index in [1.165, 1.54) is 23.3 Å². The number of aliphatic hydroxyl groups excluding tert-OH is 1. The maximum Gasteiger partial charge on any atom is 0.255 e. The Morgan fingerprint density at radius 3 is 2.65 bits per heavy atom. The lowest BCUT2D eigenvalue weighted by molar-refractivity contribution is 0.0286. The van der Waals surface area contributed by atoms with Gasteiger partial charge in [0.15, 0.2) is 0 Å². The number of rotatable bonds is 1. The molecule has 2 aliphatic heterocycles. The van der Waals surface area contributed by atoms with E-state index in [-0.39, 0.29) is 24.1 Å². The molecule has 0 radical (unpaired) electrons. The van der Waals surface area contributed by atoms with E-state index in [4.69, 9.17) is 0 Å². The quantitative estimate of drug-likeness (QED) is 0.864. The minimum Gasteiger partial charge on any atom is -0.393 e. The summed E-state index contributed by atoms with van der Waals surface area (Å²) >= 11 is 1.77. The van der Waals surface area contributed by atoms with Gasteiger partial charge < -0.3 is 10.0 Å². The molecule has 2 bridgehead atoms. The molecule has 2 unspecified atom stereocenters. The maximum absolute atomic E-state index is 13.0. The van der Waals surface area contributed by atoms with Crippen LogP contribution < -0.4 is 0 Å². The molecule has 3 heterocycles. The van der Waals surface area contributed by atoms with Gasteiger partial charge in [-0.25, -0.2) is 0 Å². The van der Waals surface area contributed by atoms with Gasteiger partial charge >= 0.3 is 0 Å². The molecule has 4 rings (SSSR count). The highest BCUT2D eigenvalue weighted by molar-refractivity contribution is 7.10. The highest BCUT2D eigenvalue weighted by Gasteiger charge is 2.43. The highest BCUT2D eigenvalue weighted by atomic mass is 32.1. The van der Waals surface area contributed by atoms with Crippen molar-refractivity contribution in [1.82, 2.24) is 4.90 Å². The van der Waals surface area contributed by atoms with Gasteiger partial charge in [0.05, 0.1) is 11.7 Å². The van der Waals surface area contributed by atoms with Crippen LogP contribution in [-0.4, -0.2) is 34.1 Å². The second-order valence-corrected chi connectivity index (χ2v) is 7.45. The van der Waals surface area contributed by atoms with Crippen LogP contribution in [-0.2, 0) is 12.8 Å². The number of hydrogen-bond acceptors (Lipinski definition) is 3. The van der Waals surface area contributed by atoms with Crippen molar-refractivity contribution >= 4 is 17.2 Å². The van der Waals surface area contributed by atoms with E-state index in [0.717, 1.165) is 44.1 Å². The fourth-order valence-electron chi connectivity index (χ4n) is 4.29. The molecule has 1 amide bonds. The molecule has 108 valence electrons. The number of fused-ring (bicyclic) bond motifs is 3. The Labute approximate surface area is 123 Å². The summed E-state index contributed by atoms with van der Waals surface area (Å²) in [5.74, 6) is 0.240. The lowest BCUT2D eigenvalue weighted by Gasteiger charge is -2.37. The predicted molar refractivity (Wildman–Crippen MR) is 79.2 cm³/mol. The third-order valence-corrected chi connectivity index (χ3v) is 6.32. The van der Waals surface area contributed by atoms with Gasteiger partial charge in [-0.3, -0.25) is 4.79 Å². The first kappa shape index (κ1) is 12.8. The van der Waals surface area contributed by atoms with Crippen LogP contribution in [0.15, 0.2) is 5.38 Å². The van der Waals surface area contributed by atoms with E-state index in [1.54, 1.807) is 11.3 Å². The molecular weight excluding hydrogens is 270 g/mol. The van der Waals surface area contributed by atoms with Gasteiger partial charge in [0.1, 0.15) is 0 Å². The Morgan fingerprint density at radius 2 is 1.90 bits per heavy atom. The Kier molecular flexibility index (Phi) is 3.11. The number of amides is 1. The van der Waals surface area contributed by atoms with E-state index in [2.05, 4.69) is 10.3 Å². The fraction of sp³-hybridized carbons (Fsp3) is 0.688. The minimum absolute atomic E-state index is 0.201. The van der Waals surface area contributed by atoms with Crippen LogP contribution in [0.2, 0.25) is 0 Å². The summed E-state index contributed by atoms with van der Waals surface area (Å²) in [4.78, 5) is 16.5. The third kappa shape index (κ3) is 1.92. The van der Waals surface area contributed by atoms with E-state index in [0.29, 0.717) is 0 Å². The predicted octanol–water partition coefficient (Wildman–Crippen LogP) is 2.75. The fourth-order valence-corrected chi connectivity index (χ4v) is 5.41. The number of piperidine rings is 1. The Balaban J connectivity index is 1.63.